The van der Waals surface area contributed by atoms with Gasteiger partial charge in [0, 0.05) is 35.8 Å². The lowest BCUT2D eigenvalue weighted by Crippen LogP contribution is -2.29. The molecule has 0 unspecified atom stereocenters. The number of aromatic nitrogens is 2. The summed E-state index contributed by atoms with van der Waals surface area (Å²) < 4.78 is 11.4. The molecule has 35 heavy (non-hydrogen) atoms. The Morgan fingerprint density at radius 2 is 1.80 bits per heavy atom. The number of carbonyl (C=O) groups excluding carboxylic acids is 2. The minimum absolute atomic E-state index is 0.206. The van der Waals surface area contributed by atoms with Crippen LogP contribution >= 0.6 is 11.3 Å². The van der Waals surface area contributed by atoms with E-state index in [2.05, 4.69) is 20.6 Å². The van der Waals surface area contributed by atoms with Crippen molar-refractivity contribution in [1.82, 2.24) is 9.97 Å². The van der Waals surface area contributed by atoms with Crippen LogP contribution in [0.15, 0.2) is 54.6 Å². The second-order valence-electron chi connectivity index (χ2n) is 8.40. The second kappa shape index (κ2) is 9.69. The van der Waals surface area contributed by atoms with E-state index in [0.29, 0.717) is 44.1 Å². The third-order valence-electron chi connectivity index (χ3n) is 5.02. The van der Waals surface area contributed by atoms with Crippen molar-refractivity contribution in [3.8, 4) is 17.4 Å². The molecule has 180 valence electrons. The first-order valence-electron chi connectivity index (χ1n) is 10.7. The van der Waals surface area contributed by atoms with E-state index in [-0.39, 0.29) is 11.8 Å². The number of methoxy groups -OCH3 is 1. The van der Waals surface area contributed by atoms with Gasteiger partial charge < -0.3 is 25.8 Å². The van der Waals surface area contributed by atoms with E-state index in [1.165, 1.54) is 25.4 Å². The van der Waals surface area contributed by atoms with E-state index in [1.807, 2.05) is 19.9 Å². The second-order valence-corrected chi connectivity index (χ2v) is 9.38. The minimum atomic E-state index is -0.563. The monoisotopic (exact) mass is 491 g/mol. The number of anilines is 2. The molecule has 0 atom stereocenters. The Hall–Kier alpha value is -4.02. The third-order valence-corrected chi connectivity index (χ3v) is 5.90. The molecule has 0 aliphatic carbocycles. The Kier molecular flexibility index (Phi) is 6.68. The summed E-state index contributed by atoms with van der Waals surface area (Å²) in [6, 6.07) is 15.7. The molecular weight excluding hydrogens is 466 g/mol. The molecule has 9 nitrogen and oxygen atoms in total. The first kappa shape index (κ1) is 24.1. The molecule has 2 aromatic heterocycles. The van der Waals surface area contributed by atoms with Crippen molar-refractivity contribution in [2.45, 2.75) is 26.3 Å². The van der Waals surface area contributed by atoms with E-state index in [1.54, 1.807) is 48.5 Å². The molecule has 2 aromatic carbocycles. The SMILES string of the molecule is COc1ccc(NC(=O)c2cccc(C(C)(C)N)c2)cc1Oc1ccc2nc(NC(C)=O)sc2n1. The first-order chi connectivity index (χ1) is 16.6. The van der Waals surface area contributed by atoms with Crippen LogP contribution in [0.1, 0.15) is 36.7 Å². The molecule has 0 saturated heterocycles. The molecule has 0 aliphatic rings. The van der Waals surface area contributed by atoms with Gasteiger partial charge >= 0.3 is 0 Å². The summed E-state index contributed by atoms with van der Waals surface area (Å²) in [4.78, 5) is 33.6. The molecule has 0 bridgehead atoms. The van der Waals surface area contributed by atoms with Crippen LogP contribution < -0.4 is 25.8 Å². The van der Waals surface area contributed by atoms with Gasteiger partial charge in [-0.1, -0.05) is 23.5 Å². The maximum atomic E-state index is 12.9. The molecule has 4 N–H and O–H groups in total. The van der Waals surface area contributed by atoms with Crippen LogP contribution in [0.25, 0.3) is 10.3 Å². The van der Waals surface area contributed by atoms with E-state index < -0.39 is 5.54 Å². The summed E-state index contributed by atoms with van der Waals surface area (Å²) in [7, 11) is 1.53. The van der Waals surface area contributed by atoms with Gasteiger partial charge in [0.15, 0.2) is 16.6 Å². The Morgan fingerprint density at radius 1 is 1.00 bits per heavy atom. The molecule has 2 amide bonds. The molecule has 0 spiro atoms. The highest BCUT2D eigenvalue weighted by Gasteiger charge is 2.17. The lowest BCUT2D eigenvalue weighted by Gasteiger charge is -2.19. The average Bonchev–Trinajstić information content (AvgIpc) is 3.19. The lowest BCUT2D eigenvalue weighted by atomic mass is 9.94. The fourth-order valence-corrected chi connectivity index (χ4v) is 4.15. The smallest absolute Gasteiger partial charge is 0.255 e. The van der Waals surface area contributed by atoms with Crippen LogP contribution in [0.3, 0.4) is 0 Å². The lowest BCUT2D eigenvalue weighted by molar-refractivity contribution is -0.114. The van der Waals surface area contributed by atoms with Gasteiger partial charge in [0.2, 0.25) is 11.8 Å². The molecule has 0 saturated carbocycles. The summed E-state index contributed by atoms with van der Waals surface area (Å²) in [6.45, 7) is 5.19. The molecule has 0 radical (unpaired) electrons. The summed E-state index contributed by atoms with van der Waals surface area (Å²) in [6.07, 6.45) is 0. The number of nitrogens with zero attached hydrogens (tertiary/aromatic N) is 2. The van der Waals surface area contributed by atoms with Gasteiger partial charge in [-0.15, -0.1) is 0 Å². The quantitative estimate of drug-likeness (QED) is 0.335. The highest BCUT2D eigenvalue weighted by atomic mass is 32.1. The molecule has 4 aromatic rings. The van der Waals surface area contributed by atoms with Crippen LogP contribution in [-0.4, -0.2) is 28.9 Å². The predicted molar refractivity (Wildman–Crippen MR) is 136 cm³/mol. The van der Waals surface area contributed by atoms with Crippen molar-refractivity contribution in [2.24, 2.45) is 5.73 Å². The molecule has 10 heteroatoms. The zero-order valence-corrected chi connectivity index (χ0v) is 20.5. The minimum Gasteiger partial charge on any atom is -0.493 e. The van der Waals surface area contributed by atoms with Gasteiger partial charge in [0.1, 0.15) is 10.3 Å². The number of pyridine rings is 1. The summed E-state index contributed by atoms with van der Waals surface area (Å²) in [5.74, 6) is 0.681. The summed E-state index contributed by atoms with van der Waals surface area (Å²) in [5.41, 5.74) is 8.12. The van der Waals surface area contributed by atoms with Gasteiger partial charge in [0.25, 0.3) is 5.91 Å². The Bertz CT molecular complexity index is 1410. The Balaban J connectivity index is 1.56. The molecule has 4 rings (SSSR count). The van der Waals surface area contributed by atoms with Crippen LogP contribution in [-0.2, 0) is 10.3 Å². The van der Waals surface area contributed by atoms with E-state index in [0.717, 1.165) is 5.56 Å². The van der Waals surface area contributed by atoms with Crippen LogP contribution in [0, 0.1) is 0 Å². The number of benzene rings is 2. The predicted octanol–water partition coefficient (Wildman–Crippen LogP) is 4.90. The first-order valence-corrected chi connectivity index (χ1v) is 11.6. The molecule has 0 aliphatic heterocycles. The van der Waals surface area contributed by atoms with E-state index in [4.69, 9.17) is 15.2 Å². The van der Waals surface area contributed by atoms with Crippen LogP contribution in [0.4, 0.5) is 10.8 Å². The van der Waals surface area contributed by atoms with E-state index in [9.17, 15) is 9.59 Å². The number of ether oxygens (including phenoxy) is 2. The highest BCUT2D eigenvalue weighted by Crippen LogP contribution is 2.35. The van der Waals surface area contributed by atoms with Gasteiger partial charge in [-0.2, -0.15) is 0 Å². The number of nitrogens with one attached hydrogen (secondary N) is 2. The molecular formula is C25H25N5O4S. The van der Waals surface area contributed by atoms with Crippen molar-refractivity contribution in [3.05, 3.63) is 65.7 Å². The number of hydrogen-bond donors (Lipinski definition) is 3. The fraction of sp³-hybridized carbons (Fsp3) is 0.200. The maximum absolute atomic E-state index is 12.9. The fourth-order valence-electron chi connectivity index (χ4n) is 3.27. The number of thiazole rings is 1. The van der Waals surface area contributed by atoms with Gasteiger partial charge in [-0.05, 0) is 49.7 Å². The average molecular weight is 492 g/mol. The number of fused-ring (bicyclic) bond motifs is 1. The van der Waals surface area contributed by atoms with Crippen molar-refractivity contribution in [3.63, 3.8) is 0 Å². The van der Waals surface area contributed by atoms with Crippen molar-refractivity contribution in [1.29, 1.82) is 0 Å². The highest BCUT2D eigenvalue weighted by molar-refractivity contribution is 7.21. The Labute approximate surface area is 206 Å². The largest absolute Gasteiger partial charge is 0.493 e. The summed E-state index contributed by atoms with van der Waals surface area (Å²) in [5, 5.41) is 5.99. The maximum Gasteiger partial charge on any atom is 0.255 e. The van der Waals surface area contributed by atoms with Gasteiger partial charge in [0.05, 0.1) is 7.11 Å². The Morgan fingerprint density at radius 3 is 2.51 bits per heavy atom. The number of amides is 2. The van der Waals surface area contributed by atoms with Crippen molar-refractivity contribution < 1.29 is 19.1 Å². The molecule has 0 fully saturated rings. The van der Waals surface area contributed by atoms with Gasteiger partial charge in [-0.25, -0.2) is 9.97 Å². The van der Waals surface area contributed by atoms with Crippen LogP contribution in [0.2, 0.25) is 0 Å². The number of hydrogen-bond acceptors (Lipinski definition) is 8. The normalized spacial score (nSPS) is 11.2. The standard InChI is InChI=1S/C25H25N5O4S/c1-14(31)27-24-29-18-9-11-21(30-23(18)35-24)34-20-13-17(8-10-19(20)33-4)28-22(32)15-6-5-7-16(12-15)25(2,3)26/h5-13H,26H2,1-4H3,(H,28,32)(H,27,29,31). The third kappa shape index (κ3) is 5.73. The van der Waals surface area contributed by atoms with E-state index >= 15 is 0 Å². The zero-order chi connectivity index (χ0) is 25.2. The summed E-state index contributed by atoms with van der Waals surface area (Å²) >= 11 is 1.24. The van der Waals surface area contributed by atoms with Crippen molar-refractivity contribution in [2.75, 3.05) is 17.7 Å². The van der Waals surface area contributed by atoms with Gasteiger partial charge in [-0.3, -0.25) is 9.59 Å². The topological polar surface area (TPSA) is 128 Å². The zero-order valence-electron chi connectivity index (χ0n) is 19.7. The number of rotatable bonds is 7. The van der Waals surface area contributed by atoms with Crippen LogP contribution in [0.5, 0.6) is 17.4 Å². The number of nitrogens with two attached hydrogens (primary N) is 1. The van der Waals surface area contributed by atoms with Crippen molar-refractivity contribution >= 4 is 44.3 Å². The molecule has 2 heterocycles. The number of carbonyl (C=O) groups is 2.